The second kappa shape index (κ2) is 3.68. The van der Waals surface area contributed by atoms with E-state index < -0.39 is 16.1 Å². The van der Waals surface area contributed by atoms with Gasteiger partial charge in [-0.15, -0.1) is 0 Å². The highest BCUT2D eigenvalue weighted by atomic mass is 16.6. The zero-order valence-corrected chi connectivity index (χ0v) is 8.43. The van der Waals surface area contributed by atoms with Crippen molar-refractivity contribution in [2.75, 3.05) is 0 Å². The van der Waals surface area contributed by atoms with E-state index in [1.54, 1.807) is 13.8 Å². The van der Waals surface area contributed by atoms with Crippen LogP contribution >= 0.6 is 0 Å². The second-order valence-corrected chi connectivity index (χ2v) is 3.80. The number of phenolic OH excluding ortho intramolecular Hbond substituents is 1. The number of aldehydes is 1. The summed E-state index contributed by atoms with van der Waals surface area (Å²) in [5.41, 5.74) is -0.678. The molecule has 0 aliphatic rings. The quantitative estimate of drug-likeness (QED) is 0.467. The van der Waals surface area contributed by atoms with Crippen molar-refractivity contribution in [1.29, 1.82) is 0 Å². The summed E-state index contributed by atoms with van der Waals surface area (Å²) in [6.07, 6.45) is 0.711. The molecule has 0 bridgehead atoms. The van der Waals surface area contributed by atoms with Gasteiger partial charge in [0.2, 0.25) is 0 Å². The van der Waals surface area contributed by atoms with Gasteiger partial charge in [-0.25, -0.2) is 0 Å². The molecule has 0 spiro atoms. The van der Waals surface area contributed by atoms with Crippen molar-refractivity contribution in [3.8, 4) is 5.75 Å². The molecule has 0 atom stereocenters. The number of hydrogen-bond donors (Lipinski definition) is 1. The van der Waals surface area contributed by atoms with Crippen LogP contribution in [0.2, 0.25) is 0 Å². The Bertz CT molecular complexity index is 412. The molecule has 0 aliphatic carbocycles. The number of aromatic hydroxyl groups is 1. The topological polar surface area (TPSA) is 80.4 Å². The zero-order valence-electron chi connectivity index (χ0n) is 8.43. The molecule has 0 unspecified atom stereocenters. The maximum absolute atomic E-state index is 10.8. The molecule has 1 aromatic rings. The Morgan fingerprint density at radius 2 is 2.07 bits per heavy atom. The average Bonchev–Trinajstić information content (AvgIpc) is 2.17. The predicted octanol–water partition coefficient (Wildman–Crippen LogP) is 1.78. The number of hydrogen-bond acceptors (Lipinski definition) is 4. The fourth-order valence-electron chi connectivity index (χ4n) is 1.14. The third kappa shape index (κ3) is 2.12. The highest BCUT2D eigenvalue weighted by Gasteiger charge is 2.23. The van der Waals surface area contributed by atoms with Crippen molar-refractivity contribution in [3.05, 3.63) is 33.9 Å². The normalized spacial score (nSPS) is 11.1. The molecule has 0 aliphatic heterocycles. The van der Waals surface area contributed by atoms with Gasteiger partial charge in [0, 0.05) is 11.5 Å². The van der Waals surface area contributed by atoms with E-state index in [1.165, 1.54) is 18.2 Å². The standard InChI is InChI=1S/C10H11NO4/c1-10(2,6-12)7-3-4-9(13)8(5-7)11(14)15/h3-6,13H,1-2H3. The van der Waals surface area contributed by atoms with Crippen LogP contribution in [0.1, 0.15) is 19.4 Å². The van der Waals surface area contributed by atoms with Crippen molar-refractivity contribution in [1.82, 2.24) is 0 Å². The van der Waals surface area contributed by atoms with E-state index in [0.717, 1.165) is 0 Å². The molecule has 80 valence electrons. The van der Waals surface area contributed by atoms with Crippen LogP contribution in [0.25, 0.3) is 0 Å². The minimum absolute atomic E-state index is 0.387. The van der Waals surface area contributed by atoms with E-state index in [1.807, 2.05) is 0 Å². The molecule has 1 N–H and O–H groups in total. The number of phenols is 1. The molecule has 1 rings (SSSR count). The van der Waals surface area contributed by atoms with Crippen LogP contribution in [0.4, 0.5) is 5.69 Å². The Labute approximate surface area is 86.5 Å². The summed E-state index contributed by atoms with van der Waals surface area (Å²) >= 11 is 0. The van der Waals surface area contributed by atoms with Crippen LogP contribution in [0.5, 0.6) is 5.75 Å². The molecule has 0 saturated carbocycles. The Hall–Kier alpha value is -1.91. The SMILES string of the molecule is CC(C)(C=O)c1ccc(O)c([N+](=O)[O-])c1. The Morgan fingerprint density at radius 3 is 2.53 bits per heavy atom. The smallest absolute Gasteiger partial charge is 0.310 e. The molecule has 0 amide bonds. The van der Waals surface area contributed by atoms with Crippen molar-refractivity contribution in [2.45, 2.75) is 19.3 Å². The maximum atomic E-state index is 10.8. The Morgan fingerprint density at radius 1 is 1.47 bits per heavy atom. The fourth-order valence-corrected chi connectivity index (χ4v) is 1.14. The highest BCUT2D eigenvalue weighted by Crippen LogP contribution is 2.31. The molecular formula is C10H11NO4. The molecule has 5 heteroatoms. The lowest BCUT2D eigenvalue weighted by molar-refractivity contribution is -0.385. The van der Waals surface area contributed by atoms with Gasteiger partial charge in [-0.1, -0.05) is 6.07 Å². The highest BCUT2D eigenvalue weighted by molar-refractivity contribution is 5.68. The number of nitrogens with zero attached hydrogens (tertiary/aromatic N) is 1. The van der Waals surface area contributed by atoms with E-state index in [-0.39, 0.29) is 5.69 Å². The third-order valence-corrected chi connectivity index (χ3v) is 2.21. The van der Waals surface area contributed by atoms with Crippen LogP contribution < -0.4 is 0 Å². The van der Waals surface area contributed by atoms with Crippen molar-refractivity contribution in [3.63, 3.8) is 0 Å². The van der Waals surface area contributed by atoms with E-state index in [9.17, 15) is 20.0 Å². The molecule has 15 heavy (non-hydrogen) atoms. The third-order valence-electron chi connectivity index (χ3n) is 2.21. The first-order valence-corrected chi connectivity index (χ1v) is 4.32. The summed E-state index contributed by atoms with van der Waals surface area (Å²) in [5, 5.41) is 19.8. The van der Waals surface area contributed by atoms with Crippen LogP contribution in [-0.2, 0) is 10.2 Å². The van der Waals surface area contributed by atoms with Crippen LogP contribution in [0.3, 0.4) is 0 Å². The first-order chi connectivity index (χ1) is 6.88. The second-order valence-electron chi connectivity index (χ2n) is 3.80. The van der Waals surface area contributed by atoms with Gasteiger partial charge < -0.3 is 9.90 Å². The number of nitro groups is 1. The lowest BCUT2D eigenvalue weighted by atomic mass is 9.86. The summed E-state index contributed by atoms with van der Waals surface area (Å²) in [5.74, 6) is -0.398. The van der Waals surface area contributed by atoms with Crippen LogP contribution in [-0.4, -0.2) is 16.3 Å². The van der Waals surface area contributed by atoms with Gasteiger partial charge in [0.05, 0.1) is 4.92 Å². The van der Waals surface area contributed by atoms with Gasteiger partial charge in [0.1, 0.15) is 6.29 Å². The largest absolute Gasteiger partial charge is 0.502 e. The van der Waals surface area contributed by atoms with E-state index >= 15 is 0 Å². The number of benzene rings is 1. The van der Waals surface area contributed by atoms with E-state index in [0.29, 0.717) is 11.8 Å². The van der Waals surface area contributed by atoms with E-state index in [4.69, 9.17) is 0 Å². The van der Waals surface area contributed by atoms with Gasteiger partial charge in [-0.3, -0.25) is 10.1 Å². The van der Waals surface area contributed by atoms with Crippen molar-refractivity contribution in [2.24, 2.45) is 0 Å². The van der Waals surface area contributed by atoms with Gasteiger partial charge in [-0.05, 0) is 25.5 Å². The lowest BCUT2D eigenvalue weighted by Gasteiger charge is -2.16. The monoisotopic (exact) mass is 209 g/mol. The molecule has 1 aromatic carbocycles. The minimum atomic E-state index is -0.793. The molecule has 0 heterocycles. The minimum Gasteiger partial charge on any atom is -0.502 e. The number of carbonyl (C=O) groups is 1. The van der Waals surface area contributed by atoms with E-state index in [2.05, 4.69) is 0 Å². The predicted molar refractivity (Wildman–Crippen MR) is 53.9 cm³/mol. The Balaban J connectivity index is 3.30. The van der Waals surface area contributed by atoms with Gasteiger partial charge >= 0.3 is 5.69 Å². The Kier molecular flexibility index (Phi) is 2.74. The maximum Gasteiger partial charge on any atom is 0.310 e. The molecule has 0 aromatic heterocycles. The molecule has 5 nitrogen and oxygen atoms in total. The molecule has 0 fully saturated rings. The van der Waals surface area contributed by atoms with Crippen molar-refractivity contribution >= 4 is 12.0 Å². The number of nitro benzene ring substituents is 1. The molecule has 0 saturated heterocycles. The summed E-state index contributed by atoms with van der Waals surface area (Å²) in [7, 11) is 0. The number of carbonyl (C=O) groups excluding carboxylic acids is 1. The lowest BCUT2D eigenvalue weighted by Crippen LogP contribution is -2.18. The molecular weight excluding hydrogens is 198 g/mol. The first-order valence-electron chi connectivity index (χ1n) is 4.32. The molecule has 0 radical (unpaired) electrons. The van der Waals surface area contributed by atoms with Crippen molar-refractivity contribution < 1.29 is 14.8 Å². The van der Waals surface area contributed by atoms with Crippen LogP contribution in [0.15, 0.2) is 18.2 Å². The summed E-state index contributed by atoms with van der Waals surface area (Å²) in [4.78, 5) is 20.6. The average molecular weight is 209 g/mol. The van der Waals surface area contributed by atoms with Gasteiger partial charge in [0.15, 0.2) is 5.75 Å². The summed E-state index contributed by atoms with van der Waals surface area (Å²) in [6.45, 7) is 3.30. The van der Waals surface area contributed by atoms with Gasteiger partial charge in [0.25, 0.3) is 0 Å². The fraction of sp³-hybridized carbons (Fsp3) is 0.300. The first kappa shape index (κ1) is 11.2. The number of rotatable bonds is 3. The van der Waals surface area contributed by atoms with Crippen LogP contribution in [0, 0.1) is 10.1 Å². The summed E-state index contributed by atoms with van der Waals surface area (Å²) in [6, 6.07) is 3.93. The zero-order chi connectivity index (χ0) is 11.6. The summed E-state index contributed by atoms with van der Waals surface area (Å²) < 4.78 is 0. The van der Waals surface area contributed by atoms with Gasteiger partial charge in [-0.2, -0.15) is 0 Å².